The molecule has 2 aromatic carbocycles. The molecule has 0 bridgehead atoms. The molecule has 1 aromatic heterocycles. The number of carboxylic acids is 1. The lowest BCUT2D eigenvalue weighted by Crippen LogP contribution is -2.41. The molecule has 0 aliphatic heterocycles. The van der Waals surface area contributed by atoms with Gasteiger partial charge in [0.05, 0.1) is 18.2 Å². The Balaban J connectivity index is 1.96. The molecule has 5 nitrogen and oxygen atoms in total. The van der Waals surface area contributed by atoms with Crippen molar-refractivity contribution in [1.29, 1.82) is 0 Å². The quantitative estimate of drug-likeness (QED) is 0.621. The molecule has 1 aliphatic carbocycles. The number of carbonyl (C=O) groups is 1. The number of halogens is 3. The summed E-state index contributed by atoms with van der Waals surface area (Å²) in [6.07, 6.45) is -1.94. The Kier molecular flexibility index (Phi) is 4.55. The van der Waals surface area contributed by atoms with Crippen LogP contribution in [-0.2, 0) is 15.9 Å². The van der Waals surface area contributed by atoms with Gasteiger partial charge in [0.2, 0.25) is 5.60 Å². The van der Waals surface area contributed by atoms with Crippen molar-refractivity contribution < 1.29 is 28.2 Å². The highest BCUT2D eigenvalue weighted by molar-refractivity contribution is 5.92. The lowest BCUT2D eigenvalue weighted by Gasteiger charge is -2.28. The van der Waals surface area contributed by atoms with Gasteiger partial charge in [-0.25, -0.2) is 0 Å². The minimum absolute atomic E-state index is 0.170. The van der Waals surface area contributed by atoms with Gasteiger partial charge in [0, 0.05) is 22.9 Å². The van der Waals surface area contributed by atoms with Crippen LogP contribution in [-0.4, -0.2) is 32.1 Å². The number of rotatable bonds is 4. The van der Waals surface area contributed by atoms with E-state index in [0.29, 0.717) is 27.8 Å². The molecular formula is C23H21F3N2O3. The average Bonchev–Trinajstić information content (AvgIpc) is 3.24. The summed E-state index contributed by atoms with van der Waals surface area (Å²) in [7, 11) is 0. The second-order valence-electron chi connectivity index (χ2n) is 8.55. The maximum atomic E-state index is 14.1. The Morgan fingerprint density at radius 1 is 1.13 bits per heavy atom. The summed E-state index contributed by atoms with van der Waals surface area (Å²) in [5.74, 6) is -0.984. The van der Waals surface area contributed by atoms with E-state index in [1.54, 1.807) is 45.2 Å². The summed E-state index contributed by atoms with van der Waals surface area (Å²) in [4.78, 5) is 11.2. The van der Waals surface area contributed by atoms with Crippen LogP contribution in [0, 0.1) is 6.92 Å². The lowest BCUT2D eigenvalue weighted by molar-refractivity contribution is -0.246. The van der Waals surface area contributed by atoms with E-state index >= 15 is 0 Å². The van der Waals surface area contributed by atoms with Gasteiger partial charge in [0.25, 0.3) is 0 Å². The SMILES string of the molecule is Cc1cc(-c2cnn(C(C)(C)CC(=O)O)c2)c2c(c1)[C@@](O)(C(F)(F)F)c1ccccc1-2. The predicted octanol–water partition coefficient (Wildman–Crippen LogP) is 4.85. The normalized spacial score (nSPS) is 18.0. The highest BCUT2D eigenvalue weighted by Gasteiger charge is 2.61. The van der Waals surface area contributed by atoms with Crippen LogP contribution in [0.1, 0.15) is 37.0 Å². The van der Waals surface area contributed by atoms with Gasteiger partial charge in [-0.3, -0.25) is 9.48 Å². The van der Waals surface area contributed by atoms with Gasteiger partial charge in [0.1, 0.15) is 0 Å². The number of benzene rings is 2. The largest absolute Gasteiger partial charge is 0.481 e. The van der Waals surface area contributed by atoms with Gasteiger partial charge in [0.15, 0.2) is 0 Å². The van der Waals surface area contributed by atoms with Crippen LogP contribution in [0.25, 0.3) is 22.3 Å². The number of aryl methyl sites for hydroxylation is 1. The topological polar surface area (TPSA) is 75.4 Å². The molecule has 31 heavy (non-hydrogen) atoms. The average molecular weight is 430 g/mol. The molecule has 0 saturated carbocycles. The first-order valence-electron chi connectivity index (χ1n) is 9.67. The Hall–Kier alpha value is -3.13. The molecule has 0 spiro atoms. The third-order valence-corrected chi connectivity index (χ3v) is 5.77. The zero-order valence-electron chi connectivity index (χ0n) is 17.2. The number of alkyl halides is 3. The van der Waals surface area contributed by atoms with Gasteiger partial charge < -0.3 is 10.2 Å². The number of fused-ring (bicyclic) bond motifs is 3. The molecule has 1 aliphatic rings. The minimum atomic E-state index is -4.91. The van der Waals surface area contributed by atoms with Gasteiger partial charge >= 0.3 is 12.1 Å². The minimum Gasteiger partial charge on any atom is -0.481 e. The van der Waals surface area contributed by atoms with E-state index in [1.165, 1.54) is 29.1 Å². The molecule has 2 N–H and O–H groups in total. The van der Waals surface area contributed by atoms with Crippen molar-refractivity contribution >= 4 is 5.97 Å². The van der Waals surface area contributed by atoms with Gasteiger partial charge in [-0.15, -0.1) is 0 Å². The Bertz CT molecular complexity index is 1200. The smallest absolute Gasteiger partial charge is 0.425 e. The first-order valence-corrected chi connectivity index (χ1v) is 9.67. The first kappa shape index (κ1) is 21.1. The number of carboxylic acid groups (broad SMARTS) is 1. The molecule has 4 rings (SSSR count). The first-order chi connectivity index (χ1) is 14.4. The van der Waals surface area contributed by atoms with Crippen molar-refractivity contribution in [2.45, 2.75) is 44.5 Å². The molecule has 0 unspecified atom stereocenters. The van der Waals surface area contributed by atoms with Crippen LogP contribution >= 0.6 is 0 Å². The van der Waals surface area contributed by atoms with E-state index in [4.69, 9.17) is 5.11 Å². The number of aromatic nitrogens is 2. The number of nitrogens with zero attached hydrogens (tertiary/aromatic N) is 2. The van der Waals surface area contributed by atoms with Crippen molar-refractivity contribution in [3.8, 4) is 22.3 Å². The van der Waals surface area contributed by atoms with Crippen molar-refractivity contribution in [2.24, 2.45) is 0 Å². The second kappa shape index (κ2) is 6.68. The van der Waals surface area contributed by atoms with E-state index in [2.05, 4.69) is 5.10 Å². The Labute approximate surface area is 176 Å². The van der Waals surface area contributed by atoms with Crippen molar-refractivity contribution in [3.05, 3.63) is 65.5 Å². The van der Waals surface area contributed by atoms with Crippen LogP contribution < -0.4 is 0 Å². The fraction of sp³-hybridized carbons (Fsp3) is 0.304. The molecule has 3 aromatic rings. The van der Waals surface area contributed by atoms with E-state index in [9.17, 15) is 23.1 Å². The number of hydrogen-bond acceptors (Lipinski definition) is 3. The fourth-order valence-electron chi connectivity index (χ4n) is 4.30. The van der Waals surface area contributed by atoms with Crippen molar-refractivity contribution in [3.63, 3.8) is 0 Å². The van der Waals surface area contributed by atoms with Crippen LogP contribution in [0.15, 0.2) is 48.8 Å². The predicted molar refractivity (Wildman–Crippen MR) is 108 cm³/mol. The molecule has 0 radical (unpaired) electrons. The Morgan fingerprint density at radius 2 is 1.81 bits per heavy atom. The summed E-state index contributed by atoms with van der Waals surface area (Å²) in [6.45, 7) is 5.11. The third-order valence-electron chi connectivity index (χ3n) is 5.77. The maximum Gasteiger partial charge on any atom is 0.425 e. The fourth-order valence-corrected chi connectivity index (χ4v) is 4.30. The van der Waals surface area contributed by atoms with Gasteiger partial charge in [-0.05, 0) is 37.5 Å². The Morgan fingerprint density at radius 3 is 2.45 bits per heavy atom. The van der Waals surface area contributed by atoms with Gasteiger partial charge in [-0.1, -0.05) is 42.0 Å². The number of aliphatic carboxylic acids is 1. The third kappa shape index (κ3) is 3.13. The summed E-state index contributed by atoms with van der Waals surface area (Å²) in [5.41, 5.74) is -2.15. The van der Waals surface area contributed by atoms with E-state index in [0.717, 1.165) is 0 Å². The molecule has 1 atom stereocenters. The van der Waals surface area contributed by atoms with E-state index in [-0.39, 0.29) is 17.5 Å². The van der Waals surface area contributed by atoms with E-state index < -0.39 is 23.3 Å². The van der Waals surface area contributed by atoms with Crippen LogP contribution in [0.2, 0.25) is 0 Å². The van der Waals surface area contributed by atoms with Crippen LogP contribution in [0.3, 0.4) is 0 Å². The second-order valence-corrected chi connectivity index (χ2v) is 8.55. The molecule has 0 fully saturated rings. The van der Waals surface area contributed by atoms with E-state index in [1.807, 2.05) is 0 Å². The summed E-state index contributed by atoms with van der Waals surface area (Å²) < 4.78 is 43.9. The summed E-state index contributed by atoms with van der Waals surface area (Å²) in [6, 6.07) is 9.08. The maximum absolute atomic E-state index is 14.1. The molecular weight excluding hydrogens is 409 g/mol. The van der Waals surface area contributed by atoms with Crippen LogP contribution in [0.4, 0.5) is 13.2 Å². The lowest BCUT2D eigenvalue weighted by atomic mass is 9.88. The summed E-state index contributed by atoms with van der Waals surface area (Å²) >= 11 is 0. The van der Waals surface area contributed by atoms with Crippen molar-refractivity contribution in [2.75, 3.05) is 0 Å². The molecule has 0 saturated heterocycles. The standard InChI is InChI=1S/C23H21F3N2O3/c1-13-8-16(14-11-27-28(12-14)21(2,3)10-19(29)30)20-15-6-4-5-7-17(15)22(31,18(20)9-13)23(24,25)26/h4-9,11-12,31H,10H2,1-3H3,(H,29,30)/t22-/m1/s1. The zero-order chi connectivity index (χ0) is 22.8. The van der Waals surface area contributed by atoms with Crippen LogP contribution in [0.5, 0.6) is 0 Å². The van der Waals surface area contributed by atoms with Crippen molar-refractivity contribution in [1.82, 2.24) is 9.78 Å². The summed E-state index contributed by atoms with van der Waals surface area (Å²) in [5, 5.41) is 24.4. The van der Waals surface area contributed by atoms with Gasteiger partial charge in [-0.2, -0.15) is 18.3 Å². The molecule has 0 amide bonds. The molecule has 1 heterocycles. The highest BCUT2D eigenvalue weighted by Crippen LogP contribution is 2.57. The number of aliphatic hydroxyl groups is 1. The highest BCUT2D eigenvalue weighted by atomic mass is 19.4. The monoisotopic (exact) mass is 430 g/mol. The molecule has 8 heteroatoms. The zero-order valence-corrected chi connectivity index (χ0v) is 17.2. The number of hydrogen-bond donors (Lipinski definition) is 2. The molecule has 162 valence electrons.